The van der Waals surface area contributed by atoms with Gasteiger partial charge in [-0.1, -0.05) is 37.3 Å². The number of fused-ring (bicyclic) bond motifs is 1. The van der Waals surface area contributed by atoms with E-state index < -0.39 is 0 Å². The van der Waals surface area contributed by atoms with Crippen LogP contribution in [-0.2, 0) is 22.5 Å². The Bertz CT molecular complexity index is 1180. The Morgan fingerprint density at radius 1 is 1.08 bits per heavy atom. The molecule has 2 heterocycles. The number of aromatic nitrogens is 2. The van der Waals surface area contributed by atoms with Crippen LogP contribution in [0, 0.1) is 6.92 Å². The molecule has 4 rings (SSSR count). The van der Waals surface area contributed by atoms with Crippen LogP contribution in [0.15, 0.2) is 42.5 Å². The topological polar surface area (TPSA) is 53.8 Å². The number of para-hydroxylation sites is 3. The minimum atomic E-state index is -0.0952. The summed E-state index contributed by atoms with van der Waals surface area (Å²) in [5, 5.41) is 0. The third-order valence-electron chi connectivity index (χ3n) is 7.50. The Morgan fingerprint density at radius 3 is 2.50 bits per heavy atom. The Hall–Kier alpha value is -2.74. The molecule has 194 valence electrons. The quantitative estimate of drug-likeness (QED) is 0.447. The smallest absolute Gasteiger partial charge is 0.247 e. The zero-order valence-electron chi connectivity index (χ0n) is 22.7. The first-order valence-corrected chi connectivity index (χ1v) is 13.1. The van der Waals surface area contributed by atoms with Gasteiger partial charge in [0, 0.05) is 33.3 Å². The number of methoxy groups -OCH3 is 1. The molecule has 3 aromatic rings. The minimum Gasteiger partial charge on any atom is -0.383 e. The molecule has 0 radical (unpaired) electrons. The van der Waals surface area contributed by atoms with Crippen LogP contribution in [0.2, 0.25) is 0 Å². The number of piperazine rings is 1. The number of carbonyl (C=O) groups excluding carboxylic acids is 1. The van der Waals surface area contributed by atoms with Crippen LogP contribution in [0.3, 0.4) is 0 Å². The Kier molecular flexibility index (Phi) is 8.44. The normalized spacial score (nSPS) is 16.8. The van der Waals surface area contributed by atoms with E-state index in [4.69, 9.17) is 9.72 Å². The van der Waals surface area contributed by atoms with Crippen molar-refractivity contribution < 1.29 is 9.53 Å². The van der Waals surface area contributed by atoms with E-state index in [0.29, 0.717) is 6.61 Å². The molecule has 2 unspecified atom stereocenters. The summed E-state index contributed by atoms with van der Waals surface area (Å²) in [4.78, 5) is 26.0. The highest BCUT2D eigenvalue weighted by atomic mass is 16.5. The largest absolute Gasteiger partial charge is 0.383 e. The Labute approximate surface area is 215 Å². The fourth-order valence-corrected chi connectivity index (χ4v) is 5.42. The molecule has 1 aromatic heterocycles. The maximum atomic E-state index is 14.2. The number of amides is 1. The second-order valence-electron chi connectivity index (χ2n) is 10.1. The number of nitrogens with zero attached hydrogens (tertiary/aromatic N) is 5. The van der Waals surface area contributed by atoms with Gasteiger partial charge >= 0.3 is 0 Å². The van der Waals surface area contributed by atoms with Crippen LogP contribution in [0.5, 0.6) is 0 Å². The lowest BCUT2D eigenvalue weighted by molar-refractivity contribution is -0.119. The number of hydrogen-bond acceptors (Lipinski definition) is 5. The van der Waals surface area contributed by atoms with Crippen LogP contribution in [0.4, 0.5) is 5.69 Å². The first kappa shape index (κ1) is 26.3. The summed E-state index contributed by atoms with van der Waals surface area (Å²) in [6, 6.07) is 14.5. The molecular formula is C29H41N5O2. The van der Waals surface area contributed by atoms with E-state index in [0.717, 1.165) is 60.7 Å². The summed E-state index contributed by atoms with van der Waals surface area (Å²) in [6.07, 6.45) is 0.861. The Morgan fingerprint density at radius 2 is 1.81 bits per heavy atom. The van der Waals surface area contributed by atoms with Gasteiger partial charge in [0.1, 0.15) is 12.4 Å². The van der Waals surface area contributed by atoms with Gasteiger partial charge in [0.2, 0.25) is 5.91 Å². The summed E-state index contributed by atoms with van der Waals surface area (Å²) < 4.78 is 7.64. The molecule has 2 aromatic carbocycles. The number of hydrogen-bond donors (Lipinski definition) is 0. The number of benzene rings is 2. The van der Waals surface area contributed by atoms with Gasteiger partial charge < -0.3 is 19.1 Å². The average Bonchev–Trinajstić information content (AvgIpc) is 3.23. The third-order valence-corrected chi connectivity index (χ3v) is 7.50. The predicted octanol–water partition coefficient (Wildman–Crippen LogP) is 4.28. The molecule has 1 aliphatic rings. The highest BCUT2D eigenvalue weighted by molar-refractivity contribution is 5.96. The van der Waals surface area contributed by atoms with Gasteiger partial charge in [-0.25, -0.2) is 4.98 Å². The monoisotopic (exact) mass is 491 g/mol. The summed E-state index contributed by atoms with van der Waals surface area (Å²) in [5.74, 6) is 1.01. The molecule has 7 nitrogen and oxygen atoms in total. The van der Waals surface area contributed by atoms with Gasteiger partial charge in [0.25, 0.3) is 0 Å². The van der Waals surface area contributed by atoms with Crippen molar-refractivity contribution in [2.75, 3.05) is 51.8 Å². The van der Waals surface area contributed by atoms with Crippen molar-refractivity contribution in [1.82, 2.24) is 19.4 Å². The number of aryl methyl sites for hydroxylation is 2. The molecule has 1 amide bonds. The lowest BCUT2D eigenvalue weighted by Gasteiger charge is -2.36. The number of imidazole rings is 1. The highest BCUT2D eigenvalue weighted by Crippen LogP contribution is 2.30. The number of ether oxygens (including phenoxy) is 1. The molecule has 2 atom stereocenters. The molecule has 0 bridgehead atoms. The van der Waals surface area contributed by atoms with Gasteiger partial charge in [-0.05, 0) is 57.5 Å². The minimum absolute atomic E-state index is 0.0542. The number of anilines is 1. The van der Waals surface area contributed by atoms with E-state index in [1.54, 1.807) is 7.11 Å². The number of carbonyl (C=O) groups is 1. The second-order valence-corrected chi connectivity index (χ2v) is 10.1. The van der Waals surface area contributed by atoms with E-state index in [2.05, 4.69) is 73.4 Å². The van der Waals surface area contributed by atoms with Crippen molar-refractivity contribution in [2.45, 2.75) is 52.7 Å². The standard InChI is InChI=1S/C29H41N5O2/c1-7-24-12-10-11-21(2)28(24)34(22(3)20-36-6)27(35)19-33-26-14-9-8-13-25(26)30-29(33)23(4)32-17-15-31(5)16-18-32/h8-14,22-23H,7,15-20H2,1-6H3. The van der Waals surface area contributed by atoms with Crippen LogP contribution in [0.1, 0.15) is 43.8 Å². The van der Waals surface area contributed by atoms with E-state index in [1.165, 1.54) is 5.56 Å². The molecule has 1 saturated heterocycles. The van der Waals surface area contributed by atoms with Crippen LogP contribution >= 0.6 is 0 Å². The molecule has 0 spiro atoms. The summed E-state index contributed by atoms with van der Waals surface area (Å²) >= 11 is 0. The van der Waals surface area contributed by atoms with E-state index >= 15 is 0 Å². The molecule has 1 fully saturated rings. The van der Waals surface area contributed by atoms with Crippen LogP contribution < -0.4 is 4.90 Å². The molecular weight excluding hydrogens is 450 g/mol. The molecule has 36 heavy (non-hydrogen) atoms. The van der Waals surface area contributed by atoms with Gasteiger partial charge in [0.15, 0.2) is 0 Å². The maximum Gasteiger partial charge on any atom is 0.247 e. The van der Waals surface area contributed by atoms with Crippen molar-refractivity contribution in [3.63, 3.8) is 0 Å². The summed E-state index contributed by atoms with van der Waals surface area (Å²) in [5.41, 5.74) is 5.22. The molecule has 1 aliphatic heterocycles. The fraction of sp³-hybridized carbons (Fsp3) is 0.517. The molecule has 7 heteroatoms. The van der Waals surface area contributed by atoms with Crippen molar-refractivity contribution in [3.8, 4) is 0 Å². The number of likely N-dealkylation sites (N-methyl/N-ethyl adjacent to an activating group) is 1. The maximum absolute atomic E-state index is 14.2. The lowest BCUT2D eigenvalue weighted by Crippen LogP contribution is -2.46. The van der Waals surface area contributed by atoms with Gasteiger partial charge in [-0.2, -0.15) is 0 Å². The van der Waals surface area contributed by atoms with E-state index in [9.17, 15) is 4.79 Å². The molecule has 0 saturated carbocycles. The van der Waals surface area contributed by atoms with Crippen molar-refractivity contribution in [1.29, 1.82) is 0 Å². The van der Waals surface area contributed by atoms with Crippen molar-refractivity contribution in [2.24, 2.45) is 0 Å². The number of rotatable bonds is 9. The molecule has 0 N–H and O–H groups in total. The van der Waals surface area contributed by atoms with E-state index in [-0.39, 0.29) is 24.5 Å². The van der Waals surface area contributed by atoms with Gasteiger partial charge in [0.05, 0.1) is 35.4 Å². The lowest BCUT2D eigenvalue weighted by atomic mass is 10.0. The van der Waals surface area contributed by atoms with Crippen LogP contribution in [-0.4, -0.2) is 78.2 Å². The van der Waals surface area contributed by atoms with E-state index in [1.807, 2.05) is 23.1 Å². The van der Waals surface area contributed by atoms with Crippen LogP contribution in [0.25, 0.3) is 11.0 Å². The predicted molar refractivity (Wildman–Crippen MR) is 147 cm³/mol. The zero-order valence-corrected chi connectivity index (χ0v) is 22.7. The summed E-state index contributed by atoms with van der Waals surface area (Å²) in [7, 11) is 3.86. The zero-order chi connectivity index (χ0) is 25.8. The summed E-state index contributed by atoms with van der Waals surface area (Å²) in [6.45, 7) is 13.3. The third kappa shape index (κ3) is 5.33. The fourth-order valence-electron chi connectivity index (χ4n) is 5.42. The first-order valence-electron chi connectivity index (χ1n) is 13.1. The second kappa shape index (κ2) is 11.5. The van der Waals surface area contributed by atoms with Gasteiger partial charge in [-0.3, -0.25) is 9.69 Å². The highest BCUT2D eigenvalue weighted by Gasteiger charge is 2.29. The van der Waals surface area contributed by atoms with Crippen molar-refractivity contribution in [3.05, 3.63) is 59.4 Å². The average molecular weight is 492 g/mol. The van der Waals surface area contributed by atoms with Gasteiger partial charge in [-0.15, -0.1) is 0 Å². The SMILES string of the molecule is CCc1cccc(C)c1N(C(=O)Cn1c(C(C)N2CCN(C)CC2)nc2ccccc21)C(C)COC. The molecule has 0 aliphatic carbocycles. The Balaban J connectivity index is 1.74. The van der Waals surface area contributed by atoms with Crippen molar-refractivity contribution >= 4 is 22.6 Å². The first-order chi connectivity index (χ1) is 17.3.